The van der Waals surface area contributed by atoms with Crippen molar-refractivity contribution in [1.29, 1.82) is 0 Å². The van der Waals surface area contributed by atoms with Gasteiger partial charge in [0.15, 0.2) is 0 Å². The molecule has 5 rings (SSSR count). The number of ether oxygens (including phenoxy) is 2. The average molecular weight is 411 g/mol. The molecule has 1 atom stereocenters. The van der Waals surface area contributed by atoms with Gasteiger partial charge in [-0.05, 0) is 31.6 Å². The molecule has 6 nitrogen and oxygen atoms in total. The normalized spacial score (nSPS) is 24.4. The maximum atomic E-state index is 13.1. The number of nitrogens with zero attached hydrogens (tertiary/aromatic N) is 2. The second-order valence-electron chi connectivity index (χ2n) is 8.70. The van der Waals surface area contributed by atoms with E-state index in [1.807, 2.05) is 35.2 Å². The van der Waals surface area contributed by atoms with Crippen LogP contribution in [0.3, 0.4) is 0 Å². The van der Waals surface area contributed by atoms with Crippen LogP contribution in [0.25, 0.3) is 0 Å². The summed E-state index contributed by atoms with van der Waals surface area (Å²) in [6.07, 6.45) is 10.3. The molecule has 0 bridgehead atoms. The zero-order valence-corrected chi connectivity index (χ0v) is 17.4. The van der Waals surface area contributed by atoms with E-state index in [0.717, 1.165) is 24.9 Å². The summed E-state index contributed by atoms with van der Waals surface area (Å²) < 4.78 is 18.0. The molecule has 30 heavy (non-hydrogen) atoms. The lowest BCUT2D eigenvalue weighted by Gasteiger charge is -2.27. The largest absolute Gasteiger partial charge is 0.446 e. The Morgan fingerprint density at radius 2 is 1.80 bits per heavy atom. The van der Waals surface area contributed by atoms with Crippen molar-refractivity contribution in [2.24, 2.45) is 5.92 Å². The van der Waals surface area contributed by atoms with Crippen molar-refractivity contribution in [3.05, 3.63) is 53.7 Å². The van der Waals surface area contributed by atoms with Crippen molar-refractivity contribution in [2.75, 3.05) is 19.8 Å². The van der Waals surface area contributed by atoms with Crippen LogP contribution in [-0.2, 0) is 20.1 Å². The van der Waals surface area contributed by atoms with Gasteiger partial charge in [-0.2, -0.15) is 0 Å². The molecule has 0 spiro atoms. The predicted octanol–water partition coefficient (Wildman–Crippen LogP) is 4.56. The lowest BCUT2D eigenvalue weighted by Crippen LogP contribution is -2.33. The fraction of sp³-hybridized carbons (Fsp3) is 0.583. The van der Waals surface area contributed by atoms with E-state index in [9.17, 15) is 4.79 Å². The van der Waals surface area contributed by atoms with Crippen LogP contribution in [0.5, 0.6) is 0 Å². The molecule has 2 saturated heterocycles. The molecule has 2 aliphatic heterocycles. The Kier molecular flexibility index (Phi) is 5.61. The summed E-state index contributed by atoms with van der Waals surface area (Å²) in [6, 6.07) is 9.76. The first-order chi connectivity index (χ1) is 14.8. The fourth-order valence-corrected chi connectivity index (χ4v) is 5.20. The summed E-state index contributed by atoms with van der Waals surface area (Å²) in [5.41, 5.74) is 1.52. The minimum atomic E-state index is -1.03. The van der Waals surface area contributed by atoms with Gasteiger partial charge in [0.05, 0.1) is 13.2 Å². The first-order valence-electron chi connectivity index (χ1n) is 11.3. The van der Waals surface area contributed by atoms with Crippen molar-refractivity contribution in [1.82, 2.24) is 9.88 Å². The molecule has 1 aliphatic carbocycles. The molecular weight excluding hydrogens is 380 g/mol. The van der Waals surface area contributed by atoms with E-state index in [-0.39, 0.29) is 11.9 Å². The van der Waals surface area contributed by atoms with E-state index >= 15 is 0 Å². The molecule has 3 heterocycles. The molecule has 0 radical (unpaired) electrons. The lowest BCUT2D eigenvalue weighted by molar-refractivity contribution is -0.133. The number of aromatic nitrogens is 1. The number of benzene rings is 1. The van der Waals surface area contributed by atoms with Crippen LogP contribution in [0.1, 0.15) is 74.6 Å². The van der Waals surface area contributed by atoms with E-state index in [1.54, 1.807) is 6.26 Å². The summed E-state index contributed by atoms with van der Waals surface area (Å²) in [6.45, 7) is 1.80. The summed E-state index contributed by atoms with van der Waals surface area (Å²) >= 11 is 0. The number of hydrogen-bond donors (Lipinski definition) is 0. The first-order valence-corrected chi connectivity index (χ1v) is 11.3. The van der Waals surface area contributed by atoms with Crippen molar-refractivity contribution >= 4 is 5.91 Å². The van der Waals surface area contributed by atoms with Crippen LogP contribution in [0, 0.1) is 5.92 Å². The third-order valence-corrected chi connectivity index (χ3v) is 6.75. The molecule has 6 heteroatoms. The first kappa shape index (κ1) is 19.8. The molecule has 1 amide bonds. The van der Waals surface area contributed by atoms with E-state index in [4.69, 9.17) is 18.9 Å². The highest BCUT2D eigenvalue weighted by Gasteiger charge is 2.44. The minimum Gasteiger partial charge on any atom is -0.446 e. The van der Waals surface area contributed by atoms with Gasteiger partial charge in [-0.3, -0.25) is 4.79 Å². The zero-order chi connectivity index (χ0) is 20.4. The van der Waals surface area contributed by atoms with E-state index < -0.39 is 5.79 Å². The van der Waals surface area contributed by atoms with E-state index in [1.165, 1.54) is 32.1 Å². The van der Waals surface area contributed by atoms with E-state index in [0.29, 0.717) is 37.1 Å². The quantitative estimate of drug-likeness (QED) is 0.723. The number of rotatable bonds is 5. The highest BCUT2D eigenvalue weighted by Crippen LogP contribution is 2.40. The van der Waals surface area contributed by atoms with Crippen molar-refractivity contribution in [3.8, 4) is 0 Å². The molecule has 1 aromatic heterocycles. The van der Waals surface area contributed by atoms with Gasteiger partial charge in [-0.15, -0.1) is 0 Å². The SMILES string of the molecule is O=C(CC1CCCCC1)N1CCC[C@H]1c1nc(C2(c3ccccc3)OCCO2)co1. The third kappa shape index (κ3) is 3.67. The third-order valence-electron chi connectivity index (χ3n) is 6.75. The van der Waals surface area contributed by atoms with E-state index in [2.05, 4.69) is 0 Å². The summed E-state index contributed by atoms with van der Waals surface area (Å²) in [4.78, 5) is 19.8. The fourth-order valence-electron chi connectivity index (χ4n) is 5.20. The van der Waals surface area contributed by atoms with Crippen molar-refractivity contribution in [2.45, 2.75) is 63.2 Å². The topological polar surface area (TPSA) is 64.8 Å². The number of oxazole rings is 1. The van der Waals surface area contributed by atoms with Crippen LogP contribution >= 0.6 is 0 Å². The van der Waals surface area contributed by atoms with Crippen molar-refractivity contribution in [3.63, 3.8) is 0 Å². The summed E-state index contributed by atoms with van der Waals surface area (Å²) in [7, 11) is 0. The zero-order valence-electron chi connectivity index (χ0n) is 17.4. The number of carbonyl (C=O) groups is 1. The predicted molar refractivity (Wildman–Crippen MR) is 111 cm³/mol. The van der Waals surface area contributed by atoms with Gasteiger partial charge in [0.25, 0.3) is 0 Å². The molecule has 160 valence electrons. The second-order valence-corrected chi connectivity index (χ2v) is 8.70. The molecule has 3 aliphatic rings. The Bertz CT molecular complexity index is 853. The summed E-state index contributed by atoms with van der Waals surface area (Å²) in [5.74, 6) is 0.344. The highest BCUT2D eigenvalue weighted by molar-refractivity contribution is 5.77. The molecule has 0 N–H and O–H groups in total. The Labute approximate surface area is 177 Å². The minimum absolute atomic E-state index is 0.0935. The molecule has 1 aromatic carbocycles. The average Bonchev–Trinajstić information content (AvgIpc) is 3.55. The number of hydrogen-bond acceptors (Lipinski definition) is 5. The number of amides is 1. The van der Waals surface area contributed by atoms with Crippen LogP contribution in [-0.4, -0.2) is 35.5 Å². The van der Waals surface area contributed by atoms with Gasteiger partial charge in [0.1, 0.15) is 18.0 Å². The Balaban J connectivity index is 1.35. The standard InChI is InChI=1S/C24H30N2O4/c27-22(16-18-8-3-1-4-9-18)26-13-7-12-20(26)23-25-21(17-28-23)24(29-14-15-30-24)19-10-5-2-6-11-19/h2,5-6,10-11,17-18,20H,1,3-4,7-9,12-16H2/t20-/m0/s1. The Morgan fingerprint density at radius 3 is 2.57 bits per heavy atom. The maximum Gasteiger partial charge on any atom is 0.243 e. The molecule has 1 saturated carbocycles. The van der Waals surface area contributed by atoms with Gasteiger partial charge in [0, 0.05) is 18.5 Å². The van der Waals surface area contributed by atoms with Crippen LogP contribution in [0.15, 0.2) is 41.0 Å². The van der Waals surface area contributed by atoms with Crippen LogP contribution in [0.4, 0.5) is 0 Å². The van der Waals surface area contributed by atoms with Gasteiger partial charge in [-0.1, -0.05) is 49.6 Å². The number of likely N-dealkylation sites (tertiary alicyclic amines) is 1. The van der Waals surface area contributed by atoms with Crippen LogP contribution < -0.4 is 0 Å². The molecule has 0 unspecified atom stereocenters. The monoisotopic (exact) mass is 410 g/mol. The summed E-state index contributed by atoms with van der Waals surface area (Å²) in [5, 5.41) is 0. The highest BCUT2D eigenvalue weighted by atomic mass is 16.7. The van der Waals surface area contributed by atoms with Gasteiger partial charge >= 0.3 is 0 Å². The second kappa shape index (κ2) is 8.52. The smallest absolute Gasteiger partial charge is 0.243 e. The Morgan fingerprint density at radius 1 is 1.03 bits per heavy atom. The number of carbonyl (C=O) groups excluding carboxylic acids is 1. The molecular formula is C24H30N2O4. The molecule has 2 aromatic rings. The van der Waals surface area contributed by atoms with Crippen LogP contribution in [0.2, 0.25) is 0 Å². The van der Waals surface area contributed by atoms with Gasteiger partial charge in [-0.25, -0.2) is 4.98 Å². The maximum absolute atomic E-state index is 13.1. The van der Waals surface area contributed by atoms with Crippen molar-refractivity contribution < 1.29 is 18.7 Å². The van der Waals surface area contributed by atoms with Gasteiger partial charge in [0.2, 0.25) is 17.6 Å². The Hall–Kier alpha value is -2.18. The van der Waals surface area contributed by atoms with Gasteiger partial charge < -0.3 is 18.8 Å². The molecule has 3 fully saturated rings. The lowest BCUT2D eigenvalue weighted by atomic mass is 9.86.